The van der Waals surface area contributed by atoms with E-state index in [0.29, 0.717) is 22.4 Å². The third kappa shape index (κ3) is 6.27. The molecule has 0 radical (unpaired) electrons. The summed E-state index contributed by atoms with van der Waals surface area (Å²) in [4.78, 5) is 10.3. The molecule has 13 aromatic rings. The Morgan fingerprint density at radius 2 is 1.20 bits per heavy atom. The molecule has 0 unspecified atom stereocenters. The summed E-state index contributed by atoms with van der Waals surface area (Å²) in [6, 6.07) is 68.5. The minimum Gasteiger partial charge on any atom is -0.500 e. The van der Waals surface area contributed by atoms with Gasteiger partial charge in [-0.05, 0) is 81.5 Å². The average molecular weight is 1030 g/mol. The number of rotatable bonds is 6. The topological polar surface area (TPSA) is 53.7 Å². The Bertz CT molecular complexity index is 4100. The molecular formula is C59H41N5OPt. The molecule has 8 aromatic carbocycles. The van der Waals surface area contributed by atoms with Gasteiger partial charge in [-0.15, -0.1) is 29.0 Å². The fourth-order valence-electron chi connectivity index (χ4n) is 9.80. The number of hydrogen-bond donors (Lipinski definition) is 0. The van der Waals surface area contributed by atoms with E-state index in [1.54, 1.807) is 6.20 Å². The quantitative estimate of drug-likeness (QED) is 0.156. The SMILES string of the molecule is [2H]C([2H])(c1ccc(-c2[c-]c(-n3c4[c-]c5c(cc4c4ccccc43)c3ccccc3n5-c3nc4ccccc4n3-c3ccccc3)cc3c2oc2c(-c4ccccc4)cccc23)nc1)C(C)(C)C.[Pt+2]. The van der Waals surface area contributed by atoms with Gasteiger partial charge < -0.3 is 18.5 Å². The first kappa shape index (κ1) is 37.8. The van der Waals surface area contributed by atoms with Crippen molar-refractivity contribution in [1.82, 2.24) is 23.7 Å². The van der Waals surface area contributed by atoms with Crippen LogP contribution in [-0.2, 0) is 27.4 Å². The van der Waals surface area contributed by atoms with Crippen molar-refractivity contribution in [3.63, 3.8) is 0 Å². The van der Waals surface area contributed by atoms with Gasteiger partial charge in [0.2, 0.25) is 5.95 Å². The predicted octanol–water partition coefficient (Wildman–Crippen LogP) is 15.0. The fraction of sp³-hybridized carbons (Fsp3) is 0.0847. The summed E-state index contributed by atoms with van der Waals surface area (Å²) in [5.41, 5.74) is 12.2. The second-order valence-electron chi connectivity index (χ2n) is 17.8. The van der Waals surface area contributed by atoms with E-state index in [-0.39, 0.29) is 21.1 Å². The maximum atomic E-state index is 9.02. The van der Waals surface area contributed by atoms with Crippen LogP contribution >= 0.6 is 0 Å². The van der Waals surface area contributed by atoms with Crippen LogP contribution in [0.5, 0.6) is 0 Å². The van der Waals surface area contributed by atoms with Crippen LogP contribution in [0.3, 0.4) is 0 Å². The van der Waals surface area contributed by atoms with Crippen LogP contribution in [0, 0.1) is 17.5 Å². The molecule has 13 rings (SSSR count). The molecule has 7 heteroatoms. The Balaban J connectivity index is 0.00000480. The van der Waals surface area contributed by atoms with Gasteiger partial charge in [0.1, 0.15) is 5.58 Å². The molecule has 0 bridgehead atoms. The van der Waals surface area contributed by atoms with E-state index in [9.17, 15) is 0 Å². The average Bonchev–Trinajstić information content (AvgIpc) is 4.11. The van der Waals surface area contributed by atoms with Crippen LogP contribution in [0.4, 0.5) is 0 Å². The van der Waals surface area contributed by atoms with E-state index in [2.05, 4.69) is 159 Å². The molecular weight excluding hydrogens is 990 g/mol. The number of hydrogen-bond acceptors (Lipinski definition) is 3. The number of para-hydroxylation sites is 6. The molecule has 0 saturated carbocycles. The monoisotopic (exact) mass is 1030 g/mol. The summed E-state index contributed by atoms with van der Waals surface area (Å²) in [7, 11) is 0. The van der Waals surface area contributed by atoms with Crippen molar-refractivity contribution in [2.75, 3.05) is 0 Å². The first-order valence-corrected chi connectivity index (χ1v) is 22.0. The van der Waals surface area contributed by atoms with Gasteiger partial charge in [0.05, 0.1) is 16.6 Å². The summed E-state index contributed by atoms with van der Waals surface area (Å²) >= 11 is 0. The molecule has 0 saturated heterocycles. The molecule has 0 aliphatic rings. The van der Waals surface area contributed by atoms with E-state index in [0.717, 1.165) is 99.5 Å². The molecule has 66 heavy (non-hydrogen) atoms. The summed E-state index contributed by atoms with van der Waals surface area (Å²) in [6.45, 7) is 5.74. The standard InChI is InChI=1S/C59H41N5O.Pt/c1-59(2,3)35-37-29-30-49(60-36-37)48-32-40(31-47-44-24-16-23-41(56(44)65-57(47)48)38-17-6-4-7-18-38)62-51-26-13-10-21-42(51)45-33-46-43-22-11-14-27-52(43)64(55(46)34-54(45)62)58-61-50-25-12-15-28-53(50)63(58)39-19-8-5-9-20-39;/h4-31,33,36H,35H2,1-3H3;/q-2;+2/i35D2;. The molecule has 318 valence electrons. The van der Waals surface area contributed by atoms with E-state index >= 15 is 0 Å². The third-order valence-electron chi connectivity index (χ3n) is 12.5. The van der Waals surface area contributed by atoms with Crippen molar-refractivity contribution in [2.45, 2.75) is 27.1 Å². The van der Waals surface area contributed by atoms with Crippen molar-refractivity contribution < 1.29 is 28.2 Å². The Kier molecular flexibility index (Phi) is 8.76. The number of nitrogens with zero attached hydrogens (tertiary/aromatic N) is 5. The van der Waals surface area contributed by atoms with Crippen molar-refractivity contribution >= 4 is 76.6 Å². The molecule has 0 amide bonds. The fourth-order valence-corrected chi connectivity index (χ4v) is 9.80. The van der Waals surface area contributed by atoms with E-state index in [1.807, 2.05) is 63.2 Å². The van der Waals surface area contributed by atoms with Crippen LogP contribution in [-0.4, -0.2) is 23.7 Å². The predicted molar refractivity (Wildman–Crippen MR) is 267 cm³/mol. The van der Waals surface area contributed by atoms with Crippen molar-refractivity contribution in [3.05, 3.63) is 200 Å². The van der Waals surface area contributed by atoms with Crippen LogP contribution in [0.15, 0.2) is 187 Å². The van der Waals surface area contributed by atoms with Crippen molar-refractivity contribution in [1.29, 1.82) is 0 Å². The maximum absolute atomic E-state index is 9.02. The largest absolute Gasteiger partial charge is 2.00 e. The summed E-state index contributed by atoms with van der Waals surface area (Å²) < 4.78 is 31.8. The number of furan rings is 1. The van der Waals surface area contributed by atoms with Crippen LogP contribution < -0.4 is 0 Å². The van der Waals surface area contributed by atoms with Crippen molar-refractivity contribution in [3.8, 4) is 39.7 Å². The Morgan fingerprint density at radius 3 is 1.91 bits per heavy atom. The van der Waals surface area contributed by atoms with Gasteiger partial charge in [0.25, 0.3) is 0 Å². The zero-order valence-electron chi connectivity index (χ0n) is 38.3. The van der Waals surface area contributed by atoms with Gasteiger partial charge in [0.15, 0.2) is 0 Å². The summed E-state index contributed by atoms with van der Waals surface area (Å²) in [6.07, 6.45) is 0.0540. The Labute approximate surface area is 398 Å². The first-order chi connectivity index (χ1) is 32.6. The van der Waals surface area contributed by atoms with Crippen LogP contribution in [0.1, 0.15) is 29.1 Å². The summed E-state index contributed by atoms with van der Waals surface area (Å²) in [5, 5.41) is 6.23. The van der Waals surface area contributed by atoms with Crippen LogP contribution in [0.2, 0.25) is 0 Å². The van der Waals surface area contributed by atoms with E-state index in [1.165, 1.54) is 0 Å². The number of benzene rings is 8. The molecule has 0 spiro atoms. The number of aromatic nitrogens is 5. The zero-order valence-corrected chi connectivity index (χ0v) is 38.6. The second kappa shape index (κ2) is 15.3. The van der Waals surface area contributed by atoms with Gasteiger partial charge in [-0.2, -0.15) is 6.07 Å². The molecule has 0 fully saturated rings. The Morgan fingerprint density at radius 1 is 0.561 bits per heavy atom. The third-order valence-corrected chi connectivity index (χ3v) is 12.5. The van der Waals surface area contributed by atoms with E-state index < -0.39 is 11.8 Å². The van der Waals surface area contributed by atoms with Crippen LogP contribution in [0.25, 0.3) is 116 Å². The number of pyridine rings is 1. The molecule has 0 aliphatic carbocycles. The second-order valence-corrected chi connectivity index (χ2v) is 17.8. The zero-order chi connectivity index (χ0) is 45.2. The number of imidazole rings is 1. The molecule has 5 heterocycles. The maximum Gasteiger partial charge on any atom is 2.00 e. The Hall–Kier alpha value is -7.53. The minimum atomic E-state index is -1.61. The molecule has 0 atom stereocenters. The number of fused-ring (bicyclic) bond motifs is 10. The van der Waals surface area contributed by atoms with Gasteiger partial charge in [-0.25, -0.2) is 4.98 Å². The smallest absolute Gasteiger partial charge is 0.500 e. The van der Waals surface area contributed by atoms with Gasteiger partial charge in [0, 0.05) is 36.6 Å². The van der Waals surface area contributed by atoms with Gasteiger partial charge in [-0.1, -0.05) is 170 Å². The summed E-state index contributed by atoms with van der Waals surface area (Å²) in [5.74, 6) is 0.775. The minimum absolute atomic E-state index is 0. The van der Waals surface area contributed by atoms with E-state index in [4.69, 9.17) is 17.1 Å². The normalized spacial score (nSPS) is 12.8. The first-order valence-electron chi connectivity index (χ1n) is 23.0. The molecule has 6 nitrogen and oxygen atoms in total. The van der Waals surface area contributed by atoms with Crippen molar-refractivity contribution in [2.24, 2.45) is 5.41 Å². The molecule has 5 aromatic heterocycles. The van der Waals surface area contributed by atoms with Gasteiger partial charge >= 0.3 is 21.1 Å². The van der Waals surface area contributed by atoms with Gasteiger partial charge in [-0.3, -0.25) is 4.57 Å². The molecule has 0 N–H and O–H groups in total. The molecule has 0 aliphatic heterocycles.